The summed E-state index contributed by atoms with van der Waals surface area (Å²) in [5.74, 6) is 0. The van der Waals surface area contributed by atoms with Crippen molar-refractivity contribution in [2.45, 2.75) is 38.8 Å². The van der Waals surface area contributed by atoms with Gasteiger partial charge >= 0.3 is 6.09 Å². The van der Waals surface area contributed by atoms with Crippen LogP contribution >= 0.6 is 0 Å². The number of nitrogens with one attached hydrogen (secondary N) is 1. The lowest BCUT2D eigenvalue weighted by Crippen LogP contribution is -2.35. The zero-order valence-electron chi connectivity index (χ0n) is 15.1. The molecule has 0 aliphatic carbocycles. The van der Waals surface area contributed by atoms with Crippen LogP contribution in [0.4, 0.5) is 10.5 Å². The highest BCUT2D eigenvalue weighted by atomic mass is 16.6. The Bertz CT molecular complexity index is 742. The standard InChI is InChI=1S/C18H25N5O2/c1-6-8-13(22-17(24)25-18(2,3)4)14-9-7-10-15(21-14)16-12(19)11-20-23(16)5/h6-7,9-11,13H,1,8,19H2,2-5H3,(H,22,24). The zero-order chi connectivity index (χ0) is 18.6. The van der Waals surface area contributed by atoms with Gasteiger partial charge in [-0.3, -0.25) is 4.68 Å². The van der Waals surface area contributed by atoms with Gasteiger partial charge in [-0.05, 0) is 39.3 Å². The molecule has 2 aromatic rings. The van der Waals surface area contributed by atoms with Crippen molar-refractivity contribution in [1.82, 2.24) is 20.1 Å². The van der Waals surface area contributed by atoms with Gasteiger partial charge in [0.05, 0.1) is 29.3 Å². The molecule has 25 heavy (non-hydrogen) atoms. The molecule has 0 spiro atoms. The topological polar surface area (TPSA) is 95.1 Å². The smallest absolute Gasteiger partial charge is 0.408 e. The number of amides is 1. The normalized spacial score (nSPS) is 12.5. The number of anilines is 1. The predicted molar refractivity (Wildman–Crippen MR) is 97.8 cm³/mol. The summed E-state index contributed by atoms with van der Waals surface area (Å²) in [5.41, 5.74) is 8.08. The third-order valence-electron chi connectivity index (χ3n) is 3.43. The summed E-state index contributed by atoms with van der Waals surface area (Å²) in [6.07, 6.45) is 3.35. The number of rotatable bonds is 5. The molecule has 7 heteroatoms. The molecule has 0 radical (unpaired) electrons. The van der Waals surface area contributed by atoms with E-state index in [1.807, 2.05) is 39.0 Å². The molecule has 1 atom stereocenters. The summed E-state index contributed by atoms with van der Waals surface area (Å²) in [6.45, 7) is 9.21. The Balaban J connectivity index is 2.28. The molecule has 3 N–H and O–H groups in total. The predicted octanol–water partition coefficient (Wildman–Crippen LogP) is 3.21. The van der Waals surface area contributed by atoms with Crippen molar-refractivity contribution < 1.29 is 9.53 Å². The largest absolute Gasteiger partial charge is 0.444 e. The first-order valence-electron chi connectivity index (χ1n) is 8.06. The van der Waals surface area contributed by atoms with Gasteiger partial charge in [0.2, 0.25) is 0 Å². The minimum atomic E-state index is -0.568. The molecule has 0 aliphatic heterocycles. The number of hydrogen-bond acceptors (Lipinski definition) is 5. The summed E-state index contributed by atoms with van der Waals surface area (Å²) in [5, 5.41) is 6.98. The fourth-order valence-electron chi connectivity index (χ4n) is 2.42. The molecule has 0 fully saturated rings. The van der Waals surface area contributed by atoms with Crippen molar-refractivity contribution in [2.75, 3.05) is 5.73 Å². The van der Waals surface area contributed by atoms with Gasteiger partial charge in [0.25, 0.3) is 0 Å². The summed E-state index contributed by atoms with van der Waals surface area (Å²) in [7, 11) is 1.81. The van der Waals surface area contributed by atoms with Gasteiger partial charge in [-0.15, -0.1) is 6.58 Å². The van der Waals surface area contributed by atoms with Gasteiger partial charge in [0, 0.05) is 7.05 Å². The number of carbonyl (C=O) groups excluding carboxylic acids is 1. The average molecular weight is 343 g/mol. The van der Waals surface area contributed by atoms with Crippen molar-refractivity contribution in [3.05, 3.63) is 42.7 Å². The van der Waals surface area contributed by atoms with E-state index in [4.69, 9.17) is 10.5 Å². The molecule has 7 nitrogen and oxygen atoms in total. The van der Waals surface area contributed by atoms with E-state index in [-0.39, 0.29) is 6.04 Å². The van der Waals surface area contributed by atoms with Gasteiger partial charge in [-0.2, -0.15) is 5.10 Å². The fourth-order valence-corrected chi connectivity index (χ4v) is 2.42. The molecule has 0 saturated heterocycles. The first-order valence-corrected chi connectivity index (χ1v) is 8.06. The van der Waals surface area contributed by atoms with Crippen LogP contribution in [0.2, 0.25) is 0 Å². The number of aryl methyl sites for hydroxylation is 1. The monoisotopic (exact) mass is 343 g/mol. The highest BCUT2D eigenvalue weighted by Gasteiger charge is 2.21. The van der Waals surface area contributed by atoms with E-state index in [1.54, 1.807) is 24.0 Å². The Morgan fingerprint density at radius 3 is 2.76 bits per heavy atom. The second kappa shape index (κ2) is 7.38. The molecular weight excluding hydrogens is 318 g/mol. The van der Waals surface area contributed by atoms with Gasteiger partial charge in [-0.25, -0.2) is 9.78 Å². The third-order valence-corrected chi connectivity index (χ3v) is 3.43. The van der Waals surface area contributed by atoms with E-state index in [0.717, 1.165) is 5.69 Å². The first-order chi connectivity index (χ1) is 11.7. The number of alkyl carbamates (subject to hydrolysis) is 1. The number of carbonyl (C=O) groups is 1. The molecule has 1 unspecified atom stereocenters. The van der Waals surface area contributed by atoms with E-state index >= 15 is 0 Å². The molecule has 0 bridgehead atoms. The van der Waals surface area contributed by atoms with Gasteiger partial charge < -0.3 is 15.8 Å². The maximum atomic E-state index is 12.1. The highest BCUT2D eigenvalue weighted by molar-refractivity contribution is 5.70. The molecular formula is C18H25N5O2. The Morgan fingerprint density at radius 2 is 2.20 bits per heavy atom. The highest BCUT2D eigenvalue weighted by Crippen LogP contribution is 2.25. The van der Waals surface area contributed by atoms with Crippen molar-refractivity contribution in [3.63, 3.8) is 0 Å². The van der Waals surface area contributed by atoms with Crippen LogP contribution < -0.4 is 11.1 Å². The molecule has 0 aromatic carbocycles. The number of nitrogen functional groups attached to an aromatic ring is 1. The van der Waals surface area contributed by atoms with E-state index in [0.29, 0.717) is 23.5 Å². The molecule has 134 valence electrons. The fraction of sp³-hybridized carbons (Fsp3) is 0.389. The zero-order valence-corrected chi connectivity index (χ0v) is 15.1. The molecule has 2 heterocycles. The van der Waals surface area contributed by atoms with E-state index in [2.05, 4.69) is 22.0 Å². The Labute approximate surface area is 147 Å². The SMILES string of the molecule is C=CCC(NC(=O)OC(C)(C)C)c1cccc(-c2c(N)cnn2C)n1. The Kier molecular flexibility index (Phi) is 5.46. The number of hydrogen-bond donors (Lipinski definition) is 2. The van der Waals surface area contributed by atoms with E-state index in [1.165, 1.54) is 0 Å². The molecule has 2 aromatic heterocycles. The van der Waals surface area contributed by atoms with Gasteiger partial charge in [0.1, 0.15) is 11.3 Å². The van der Waals surface area contributed by atoms with Crippen molar-refractivity contribution >= 4 is 11.8 Å². The van der Waals surface area contributed by atoms with Gasteiger partial charge in [0.15, 0.2) is 0 Å². The van der Waals surface area contributed by atoms with Crippen LogP contribution in [0.3, 0.4) is 0 Å². The number of nitrogens with zero attached hydrogens (tertiary/aromatic N) is 3. The third kappa shape index (κ3) is 4.82. The van der Waals surface area contributed by atoms with E-state index < -0.39 is 11.7 Å². The minimum Gasteiger partial charge on any atom is -0.444 e. The number of pyridine rings is 1. The Morgan fingerprint density at radius 1 is 1.48 bits per heavy atom. The van der Waals surface area contributed by atoms with Crippen LogP contribution in [-0.4, -0.2) is 26.5 Å². The van der Waals surface area contributed by atoms with Crippen molar-refractivity contribution in [2.24, 2.45) is 7.05 Å². The quantitative estimate of drug-likeness (QED) is 0.813. The maximum absolute atomic E-state index is 12.1. The summed E-state index contributed by atoms with van der Waals surface area (Å²) >= 11 is 0. The second-order valence-corrected chi connectivity index (χ2v) is 6.74. The van der Waals surface area contributed by atoms with E-state index in [9.17, 15) is 4.79 Å². The second-order valence-electron chi connectivity index (χ2n) is 6.74. The van der Waals surface area contributed by atoms with Crippen LogP contribution in [0, 0.1) is 0 Å². The molecule has 1 amide bonds. The number of aromatic nitrogens is 3. The van der Waals surface area contributed by atoms with Crippen LogP contribution in [0.1, 0.15) is 38.9 Å². The average Bonchev–Trinajstić information content (AvgIpc) is 2.84. The number of nitrogens with two attached hydrogens (primary N) is 1. The number of ether oxygens (including phenoxy) is 1. The van der Waals surface area contributed by atoms with Gasteiger partial charge in [-0.1, -0.05) is 12.1 Å². The van der Waals surface area contributed by atoms with Crippen LogP contribution in [0.25, 0.3) is 11.4 Å². The van der Waals surface area contributed by atoms with Crippen LogP contribution in [-0.2, 0) is 11.8 Å². The lowest BCUT2D eigenvalue weighted by atomic mass is 10.1. The lowest BCUT2D eigenvalue weighted by molar-refractivity contribution is 0.0503. The summed E-state index contributed by atoms with van der Waals surface area (Å²) < 4.78 is 7.00. The molecule has 2 rings (SSSR count). The summed E-state index contributed by atoms with van der Waals surface area (Å²) in [6, 6.07) is 5.23. The minimum absolute atomic E-state index is 0.346. The maximum Gasteiger partial charge on any atom is 0.408 e. The van der Waals surface area contributed by atoms with Crippen LogP contribution in [0.15, 0.2) is 37.1 Å². The lowest BCUT2D eigenvalue weighted by Gasteiger charge is -2.23. The molecule has 0 saturated carbocycles. The van der Waals surface area contributed by atoms with Crippen LogP contribution in [0.5, 0.6) is 0 Å². The summed E-state index contributed by atoms with van der Waals surface area (Å²) in [4.78, 5) is 16.8. The van der Waals surface area contributed by atoms with Crippen molar-refractivity contribution in [3.8, 4) is 11.4 Å². The van der Waals surface area contributed by atoms with Crippen molar-refractivity contribution in [1.29, 1.82) is 0 Å². The molecule has 0 aliphatic rings. The first kappa shape index (κ1) is 18.5. The Hall–Kier alpha value is -2.83.